The van der Waals surface area contributed by atoms with Gasteiger partial charge in [0.25, 0.3) is 11.8 Å². The Hall–Kier alpha value is -2.70. The zero-order valence-corrected chi connectivity index (χ0v) is 18.5. The second kappa shape index (κ2) is 11.6. The van der Waals surface area contributed by atoms with Gasteiger partial charge in [-0.1, -0.05) is 31.2 Å². The molecule has 0 unspecified atom stereocenters. The lowest BCUT2D eigenvalue weighted by Crippen LogP contribution is -2.33. The maximum atomic E-state index is 12.8. The van der Waals surface area contributed by atoms with E-state index in [0.29, 0.717) is 30.0 Å². The summed E-state index contributed by atoms with van der Waals surface area (Å²) in [6.07, 6.45) is 3.29. The van der Waals surface area contributed by atoms with Gasteiger partial charge in [0.2, 0.25) is 0 Å². The first-order chi connectivity index (χ1) is 15.1. The molecule has 1 aliphatic heterocycles. The molecule has 6 heteroatoms. The number of carbonyl (C=O) groups is 2. The van der Waals surface area contributed by atoms with E-state index >= 15 is 0 Å². The topological polar surface area (TPSA) is 70.7 Å². The van der Waals surface area contributed by atoms with Gasteiger partial charge in [0.1, 0.15) is 0 Å². The van der Waals surface area contributed by atoms with Gasteiger partial charge < -0.3 is 15.4 Å². The van der Waals surface area contributed by atoms with E-state index in [4.69, 9.17) is 4.74 Å². The summed E-state index contributed by atoms with van der Waals surface area (Å²) >= 11 is 0. The van der Waals surface area contributed by atoms with E-state index in [0.717, 1.165) is 32.0 Å². The normalized spacial score (nSPS) is 16.6. The van der Waals surface area contributed by atoms with Crippen molar-refractivity contribution in [2.45, 2.75) is 32.7 Å². The molecule has 2 amide bonds. The number of likely N-dealkylation sites (tertiary alicyclic amines) is 1. The molecule has 31 heavy (non-hydrogen) atoms. The van der Waals surface area contributed by atoms with Crippen molar-refractivity contribution in [3.8, 4) is 0 Å². The average Bonchev–Trinajstić information content (AvgIpc) is 2.77. The zero-order valence-electron chi connectivity index (χ0n) is 18.5. The number of nitrogens with zero attached hydrogens (tertiary/aromatic N) is 1. The van der Waals surface area contributed by atoms with Crippen LogP contribution in [0.4, 0.5) is 5.69 Å². The number of methoxy groups -OCH3 is 1. The van der Waals surface area contributed by atoms with Gasteiger partial charge in [-0.3, -0.25) is 14.5 Å². The highest BCUT2D eigenvalue weighted by molar-refractivity contribution is 6.09. The third kappa shape index (κ3) is 6.91. The molecule has 0 spiro atoms. The largest absolute Gasteiger partial charge is 0.385 e. The number of para-hydroxylation sites is 1. The Morgan fingerprint density at radius 3 is 2.61 bits per heavy atom. The molecule has 0 aliphatic carbocycles. The fourth-order valence-electron chi connectivity index (χ4n) is 3.95. The highest BCUT2D eigenvalue weighted by Crippen LogP contribution is 2.19. The Kier molecular flexibility index (Phi) is 8.62. The number of benzene rings is 2. The van der Waals surface area contributed by atoms with E-state index in [2.05, 4.69) is 22.5 Å². The fraction of sp³-hybridized carbons (Fsp3) is 0.440. The van der Waals surface area contributed by atoms with Crippen molar-refractivity contribution in [1.29, 1.82) is 0 Å². The quantitative estimate of drug-likeness (QED) is 0.600. The Morgan fingerprint density at radius 1 is 1.10 bits per heavy atom. The van der Waals surface area contributed by atoms with Crippen LogP contribution in [0.5, 0.6) is 0 Å². The lowest BCUT2D eigenvalue weighted by molar-refractivity contribution is 0.0949. The minimum absolute atomic E-state index is 0.210. The minimum atomic E-state index is -0.224. The van der Waals surface area contributed by atoms with E-state index in [1.54, 1.807) is 31.4 Å². The van der Waals surface area contributed by atoms with Gasteiger partial charge in [0.05, 0.1) is 11.3 Å². The molecule has 6 nitrogen and oxygen atoms in total. The Labute approximate surface area is 185 Å². The minimum Gasteiger partial charge on any atom is -0.385 e. The Bertz CT molecular complexity index is 867. The number of piperidine rings is 1. The molecule has 1 atom stereocenters. The van der Waals surface area contributed by atoms with Gasteiger partial charge in [0, 0.05) is 38.9 Å². The molecule has 1 heterocycles. The predicted molar refractivity (Wildman–Crippen MR) is 123 cm³/mol. The zero-order chi connectivity index (χ0) is 22.1. The number of anilines is 1. The van der Waals surface area contributed by atoms with Crippen molar-refractivity contribution in [3.63, 3.8) is 0 Å². The summed E-state index contributed by atoms with van der Waals surface area (Å²) in [7, 11) is 1.63. The molecule has 2 N–H and O–H groups in total. The van der Waals surface area contributed by atoms with Crippen LogP contribution in [0.2, 0.25) is 0 Å². The highest BCUT2D eigenvalue weighted by atomic mass is 16.5. The molecule has 0 radical (unpaired) electrons. The maximum Gasteiger partial charge on any atom is 0.255 e. The van der Waals surface area contributed by atoms with Crippen LogP contribution in [0, 0.1) is 5.92 Å². The molecule has 0 aromatic heterocycles. The molecule has 2 aromatic carbocycles. The highest BCUT2D eigenvalue weighted by Gasteiger charge is 2.17. The third-order valence-corrected chi connectivity index (χ3v) is 5.59. The van der Waals surface area contributed by atoms with Gasteiger partial charge in [-0.25, -0.2) is 0 Å². The summed E-state index contributed by atoms with van der Waals surface area (Å²) in [5.74, 6) is 0.312. The average molecular weight is 424 g/mol. The van der Waals surface area contributed by atoms with Crippen molar-refractivity contribution in [3.05, 3.63) is 65.2 Å². The van der Waals surface area contributed by atoms with Crippen molar-refractivity contribution >= 4 is 17.5 Å². The molecular weight excluding hydrogens is 390 g/mol. The van der Waals surface area contributed by atoms with Crippen LogP contribution in [0.25, 0.3) is 0 Å². The lowest BCUT2D eigenvalue weighted by atomic mass is 9.99. The molecule has 0 bridgehead atoms. The van der Waals surface area contributed by atoms with Crippen molar-refractivity contribution in [1.82, 2.24) is 10.2 Å². The first-order valence-electron chi connectivity index (χ1n) is 11.1. The standard InChI is InChI=1S/C25H33N3O3/c1-19-7-5-15-28(17-19)18-20-10-12-21(13-11-20)24(29)27-23-9-4-3-8-22(23)25(30)26-14-6-16-31-2/h3-4,8-13,19H,5-7,14-18H2,1-2H3,(H,26,30)(H,27,29)/t19-/m0/s1. The smallest absolute Gasteiger partial charge is 0.255 e. The van der Waals surface area contributed by atoms with Crippen LogP contribution < -0.4 is 10.6 Å². The monoisotopic (exact) mass is 423 g/mol. The Balaban J connectivity index is 1.59. The summed E-state index contributed by atoms with van der Waals surface area (Å²) in [5, 5.41) is 5.74. The number of ether oxygens (including phenoxy) is 1. The second-order valence-electron chi connectivity index (χ2n) is 8.28. The molecule has 0 saturated carbocycles. The van der Waals surface area contributed by atoms with Gasteiger partial charge in [-0.05, 0) is 61.6 Å². The Morgan fingerprint density at radius 2 is 1.87 bits per heavy atom. The van der Waals surface area contributed by atoms with Crippen molar-refractivity contribution in [2.24, 2.45) is 5.92 Å². The second-order valence-corrected chi connectivity index (χ2v) is 8.28. The first kappa shape index (κ1) is 23.0. The maximum absolute atomic E-state index is 12.8. The SMILES string of the molecule is COCCCNC(=O)c1ccccc1NC(=O)c1ccc(CN2CCC[C@H](C)C2)cc1. The lowest BCUT2D eigenvalue weighted by Gasteiger charge is -2.30. The van der Waals surface area contributed by atoms with Crippen LogP contribution in [-0.4, -0.2) is 50.1 Å². The van der Waals surface area contributed by atoms with Gasteiger partial charge >= 0.3 is 0 Å². The molecule has 166 valence electrons. The predicted octanol–water partition coefficient (Wildman–Crippen LogP) is 3.94. The summed E-state index contributed by atoms with van der Waals surface area (Å²) in [5.41, 5.74) is 2.74. The fourth-order valence-corrected chi connectivity index (χ4v) is 3.95. The molecular formula is C25H33N3O3. The van der Waals surface area contributed by atoms with Gasteiger partial charge in [-0.15, -0.1) is 0 Å². The van der Waals surface area contributed by atoms with Crippen LogP contribution in [0.15, 0.2) is 48.5 Å². The van der Waals surface area contributed by atoms with E-state index in [1.165, 1.54) is 18.4 Å². The third-order valence-electron chi connectivity index (χ3n) is 5.59. The van der Waals surface area contributed by atoms with E-state index in [-0.39, 0.29) is 11.8 Å². The van der Waals surface area contributed by atoms with Gasteiger partial charge in [0.15, 0.2) is 0 Å². The van der Waals surface area contributed by atoms with E-state index in [1.807, 2.05) is 24.3 Å². The van der Waals surface area contributed by atoms with Gasteiger partial charge in [-0.2, -0.15) is 0 Å². The molecule has 2 aromatic rings. The summed E-state index contributed by atoms with van der Waals surface area (Å²) in [6.45, 7) is 6.59. The molecule has 1 fully saturated rings. The van der Waals surface area contributed by atoms with E-state index < -0.39 is 0 Å². The van der Waals surface area contributed by atoms with Crippen molar-refractivity contribution in [2.75, 3.05) is 38.7 Å². The summed E-state index contributed by atoms with van der Waals surface area (Å²) in [4.78, 5) is 27.7. The van der Waals surface area contributed by atoms with Crippen LogP contribution in [0.3, 0.4) is 0 Å². The molecule has 3 rings (SSSR count). The summed E-state index contributed by atoms with van der Waals surface area (Å²) in [6, 6.07) is 14.8. The number of nitrogens with one attached hydrogen (secondary N) is 2. The van der Waals surface area contributed by atoms with Crippen molar-refractivity contribution < 1.29 is 14.3 Å². The van der Waals surface area contributed by atoms with Crippen LogP contribution in [-0.2, 0) is 11.3 Å². The molecule has 1 aliphatic rings. The number of hydrogen-bond acceptors (Lipinski definition) is 4. The number of rotatable bonds is 9. The van der Waals surface area contributed by atoms with Crippen LogP contribution >= 0.6 is 0 Å². The van der Waals surface area contributed by atoms with Crippen LogP contribution in [0.1, 0.15) is 52.5 Å². The number of hydrogen-bond donors (Lipinski definition) is 2. The molecule has 1 saturated heterocycles. The van der Waals surface area contributed by atoms with E-state index in [9.17, 15) is 9.59 Å². The summed E-state index contributed by atoms with van der Waals surface area (Å²) < 4.78 is 5.00. The number of carbonyl (C=O) groups excluding carboxylic acids is 2. The first-order valence-corrected chi connectivity index (χ1v) is 11.1. The number of amides is 2.